The van der Waals surface area contributed by atoms with Crippen LogP contribution in [0.2, 0.25) is 0 Å². The molecule has 0 N–H and O–H groups in total. The van der Waals surface area contributed by atoms with Gasteiger partial charge in [0, 0.05) is 11.8 Å². The Morgan fingerprint density at radius 2 is 1.54 bits per heavy atom. The van der Waals surface area contributed by atoms with Crippen LogP contribution in [0.4, 0.5) is 13.2 Å². The summed E-state index contributed by atoms with van der Waals surface area (Å²) >= 11 is -2.36. The van der Waals surface area contributed by atoms with Crippen molar-refractivity contribution in [1.29, 1.82) is 0 Å². The zero-order valence-electron chi connectivity index (χ0n) is 12.7. The fourth-order valence-electron chi connectivity index (χ4n) is 3.09. The molecule has 0 radical (unpaired) electrons. The van der Waals surface area contributed by atoms with Crippen LogP contribution >= 0.6 is 0 Å². The first-order valence-corrected chi connectivity index (χ1v) is 8.71. The van der Waals surface area contributed by atoms with Gasteiger partial charge < -0.3 is 4.55 Å². The number of allylic oxidation sites excluding steroid dienone is 2. The monoisotopic (exact) mass is 351 g/mol. The van der Waals surface area contributed by atoms with Crippen LogP contribution in [0, 0.1) is 17.5 Å². The summed E-state index contributed by atoms with van der Waals surface area (Å²) in [5.74, 6) is -2.28. The highest BCUT2D eigenvalue weighted by Gasteiger charge is 2.19. The van der Waals surface area contributed by atoms with E-state index in [2.05, 4.69) is 0 Å². The Kier molecular flexibility index (Phi) is 4.87. The number of benzene rings is 2. The predicted molar refractivity (Wildman–Crippen MR) is 86.0 cm³/mol. The molecule has 0 fully saturated rings. The van der Waals surface area contributed by atoms with E-state index in [1.165, 1.54) is 24.3 Å². The molecule has 3 rings (SSSR count). The van der Waals surface area contributed by atoms with Crippen LogP contribution in [-0.2, 0) is 16.8 Å². The lowest BCUT2D eigenvalue weighted by Crippen LogP contribution is -1.98. The van der Waals surface area contributed by atoms with Crippen molar-refractivity contribution >= 4 is 22.2 Å². The van der Waals surface area contributed by atoms with Crippen molar-refractivity contribution in [2.75, 3.05) is 0 Å². The van der Waals surface area contributed by atoms with E-state index in [4.69, 9.17) is 0 Å². The van der Waals surface area contributed by atoms with Gasteiger partial charge in [0.05, 0.1) is 0 Å². The van der Waals surface area contributed by atoms with E-state index in [0.29, 0.717) is 24.0 Å². The van der Waals surface area contributed by atoms with E-state index in [0.717, 1.165) is 23.6 Å². The van der Waals surface area contributed by atoms with Gasteiger partial charge in [-0.3, -0.25) is 4.21 Å². The fraction of sp³-hybridized carbons (Fsp3) is 0.222. The van der Waals surface area contributed by atoms with Gasteiger partial charge in [0.15, 0.2) is 0 Å². The molecule has 0 amide bonds. The minimum Gasteiger partial charge on any atom is -0.772 e. The lowest BCUT2D eigenvalue weighted by Gasteiger charge is -2.11. The van der Waals surface area contributed by atoms with Crippen molar-refractivity contribution < 1.29 is 21.9 Å². The smallest absolute Gasteiger partial charge is 0.127 e. The Balaban J connectivity index is 2.03. The second kappa shape index (κ2) is 6.91. The molecule has 0 aromatic heterocycles. The Hall–Kier alpha value is -1.92. The van der Waals surface area contributed by atoms with Gasteiger partial charge in [-0.25, -0.2) is 13.2 Å². The summed E-state index contributed by atoms with van der Waals surface area (Å²) in [6, 6.07) is 7.75. The quantitative estimate of drug-likeness (QED) is 0.757. The standard InChI is InChI=1S/C18H15F3O2S/c19-14-6-13(7-15(20)9-14)17-3-1-2-16(17)11-4-5-12(10-24(22)23)18(21)8-11/h4-9H,1-3,10H2,(H,22,23)/p-1. The van der Waals surface area contributed by atoms with Crippen LogP contribution in [0.25, 0.3) is 11.1 Å². The van der Waals surface area contributed by atoms with Gasteiger partial charge in [-0.2, -0.15) is 0 Å². The zero-order chi connectivity index (χ0) is 17.3. The molecule has 2 aromatic rings. The molecule has 1 unspecified atom stereocenters. The van der Waals surface area contributed by atoms with Gasteiger partial charge in [0.2, 0.25) is 0 Å². The summed E-state index contributed by atoms with van der Waals surface area (Å²) in [5, 5.41) is 0. The third kappa shape index (κ3) is 3.60. The Bertz CT molecular complexity index is 826. The van der Waals surface area contributed by atoms with Crippen LogP contribution in [0.15, 0.2) is 36.4 Å². The molecule has 2 nitrogen and oxygen atoms in total. The molecule has 1 aliphatic rings. The highest BCUT2D eigenvalue weighted by molar-refractivity contribution is 7.78. The van der Waals surface area contributed by atoms with Gasteiger partial charge in [-0.1, -0.05) is 23.2 Å². The molecular formula is C18H14F3O2S-. The van der Waals surface area contributed by atoms with Crippen LogP contribution in [-0.4, -0.2) is 8.76 Å². The van der Waals surface area contributed by atoms with Gasteiger partial charge in [0.25, 0.3) is 0 Å². The summed E-state index contributed by atoms with van der Waals surface area (Å²) in [4.78, 5) is 0. The summed E-state index contributed by atoms with van der Waals surface area (Å²) in [7, 11) is 0. The summed E-state index contributed by atoms with van der Waals surface area (Å²) in [6.07, 6.45) is 2.16. The van der Waals surface area contributed by atoms with Crippen molar-refractivity contribution in [2.45, 2.75) is 25.0 Å². The van der Waals surface area contributed by atoms with Gasteiger partial charge >= 0.3 is 0 Å². The minimum absolute atomic E-state index is 0.101. The maximum atomic E-state index is 14.1. The van der Waals surface area contributed by atoms with Crippen molar-refractivity contribution in [3.63, 3.8) is 0 Å². The average molecular weight is 351 g/mol. The molecule has 0 bridgehead atoms. The van der Waals surface area contributed by atoms with E-state index in [1.54, 1.807) is 6.07 Å². The lowest BCUT2D eigenvalue weighted by atomic mass is 9.96. The molecule has 2 aromatic carbocycles. The first-order chi connectivity index (χ1) is 11.4. The van der Waals surface area contributed by atoms with Gasteiger partial charge in [0.1, 0.15) is 17.5 Å². The molecule has 0 saturated heterocycles. The molecule has 6 heteroatoms. The van der Waals surface area contributed by atoms with Crippen LogP contribution < -0.4 is 0 Å². The Morgan fingerprint density at radius 1 is 0.917 bits per heavy atom. The normalized spacial score (nSPS) is 15.8. The molecule has 0 saturated carbocycles. The summed E-state index contributed by atoms with van der Waals surface area (Å²) in [6.45, 7) is 0. The van der Waals surface area contributed by atoms with E-state index in [1.807, 2.05) is 0 Å². The fourth-order valence-corrected chi connectivity index (χ4v) is 3.58. The van der Waals surface area contributed by atoms with Crippen molar-refractivity contribution in [3.8, 4) is 0 Å². The van der Waals surface area contributed by atoms with E-state index < -0.39 is 28.5 Å². The highest BCUT2D eigenvalue weighted by Crippen LogP contribution is 2.40. The maximum absolute atomic E-state index is 14.1. The summed E-state index contributed by atoms with van der Waals surface area (Å²) < 4.78 is 62.5. The van der Waals surface area contributed by atoms with E-state index in [9.17, 15) is 21.9 Å². The highest BCUT2D eigenvalue weighted by atomic mass is 32.2. The maximum Gasteiger partial charge on any atom is 0.127 e. The number of hydrogen-bond acceptors (Lipinski definition) is 2. The SMILES string of the molecule is O=S([O-])Cc1ccc(C2=C(c3cc(F)cc(F)c3)CCC2)cc1F. The first-order valence-electron chi connectivity index (χ1n) is 7.47. The number of hydrogen-bond donors (Lipinski definition) is 0. The largest absolute Gasteiger partial charge is 0.772 e. The molecule has 126 valence electrons. The zero-order valence-corrected chi connectivity index (χ0v) is 13.5. The Labute approximate surface area is 140 Å². The summed E-state index contributed by atoms with van der Waals surface area (Å²) in [5.41, 5.74) is 2.82. The molecule has 0 heterocycles. The second-order valence-corrected chi connectivity index (χ2v) is 6.62. The van der Waals surface area contributed by atoms with E-state index in [-0.39, 0.29) is 11.3 Å². The van der Waals surface area contributed by atoms with Gasteiger partial charge in [-0.05, 0) is 65.3 Å². The lowest BCUT2D eigenvalue weighted by molar-refractivity contribution is 0.533. The van der Waals surface area contributed by atoms with E-state index >= 15 is 0 Å². The third-order valence-corrected chi connectivity index (χ3v) is 4.65. The van der Waals surface area contributed by atoms with Crippen molar-refractivity contribution in [1.82, 2.24) is 0 Å². The third-order valence-electron chi connectivity index (χ3n) is 4.10. The number of rotatable bonds is 4. The Morgan fingerprint density at radius 3 is 2.12 bits per heavy atom. The molecule has 1 atom stereocenters. The first kappa shape index (κ1) is 16.9. The molecule has 1 aliphatic carbocycles. The van der Waals surface area contributed by atoms with Crippen molar-refractivity contribution in [2.24, 2.45) is 0 Å². The topological polar surface area (TPSA) is 40.1 Å². The van der Waals surface area contributed by atoms with Gasteiger partial charge in [-0.15, -0.1) is 0 Å². The predicted octanol–water partition coefficient (Wildman–Crippen LogP) is 4.58. The molecule has 24 heavy (non-hydrogen) atoms. The molecule has 0 aliphatic heterocycles. The van der Waals surface area contributed by atoms with Crippen LogP contribution in [0.1, 0.15) is 36.0 Å². The van der Waals surface area contributed by atoms with Crippen LogP contribution in [0.3, 0.4) is 0 Å². The average Bonchev–Trinajstić information content (AvgIpc) is 2.97. The second-order valence-electron chi connectivity index (χ2n) is 5.72. The molecular weight excluding hydrogens is 337 g/mol. The number of halogens is 3. The molecule has 0 spiro atoms. The van der Waals surface area contributed by atoms with Crippen molar-refractivity contribution in [3.05, 3.63) is 70.5 Å². The van der Waals surface area contributed by atoms with Crippen LogP contribution in [0.5, 0.6) is 0 Å². The minimum atomic E-state index is -2.36.